The zero-order chi connectivity index (χ0) is 16.9. The monoisotopic (exact) mass is 327 g/mol. The molecule has 0 atom stereocenters. The van der Waals surface area contributed by atoms with Crippen molar-refractivity contribution in [2.45, 2.75) is 32.9 Å². The van der Waals surface area contributed by atoms with Gasteiger partial charge in [0.25, 0.3) is 0 Å². The molecular weight excluding hydrogens is 302 g/mol. The third kappa shape index (κ3) is 4.20. The van der Waals surface area contributed by atoms with Gasteiger partial charge in [0.05, 0.1) is 6.54 Å². The van der Waals surface area contributed by atoms with Crippen LogP contribution in [0.2, 0.25) is 0 Å². The van der Waals surface area contributed by atoms with Gasteiger partial charge in [0.2, 0.25) is 5.91 Å². The second-order valence-electron chi connectivity index (χ2n) is 6.55. The number of aromatic nitrogens is 3. The molecule has 0 spiro atoms. The Labute approximate surface area is 142 Å². The van der Waals surface area contributed by atoms with Gasteiger partial charge in [0.1, 0.15) is 12.2 Å². The maximum atomic E-state index is 12.4. The van der Waals surface area contributed by atoms with E-state index < -0.39 is 0 Å². The first kappa shape index (κ1) is 16.6. The summed E-state index contributed by atoms with van der Waals surface area (Å²) in [5.74, 6) is 1.26. The Hall–Kier alpha value is -2.21. The van der Waals surface area contributed by atoms with Gasteiger partial charge in [-0.2, -0.15) is 5.10 Å². The van der Waals surface area contributed by atoms with Gasteiger partial charge in [-0.1, -0.05) is 29.8 Å². The fourth-order valence-electron chi connectivity index (χ4n) is 3.06. The number of likely N-dealkylation sites (tertiary alicyclic amines) is 1. The average molecular weight is 327 g/mol. The van der Waals surface area contributed by atoms with Gasteiger partial charge in [0.15, 0.2) is 0 Å². The van der Waals surface area contributed by atoms with E-state index >= 15 is 0 Å². The van der Waals surface area contributed by atoms with E-state index in [1.165, 1.54) is 5.56 Å². The molecule has 1 aromatic carbocycles. The lowest BCUT2D eigenvalue weighted by Gasteiger charge is -2.30. The van der Waals surface area contributed by atoms with Crippen molar-refractivity contribution < 1.29 is 4.79 Å². The van der Waals surface area contributed by atoms with E-state index in [0.29, 0.717) is 6.54 Å². The summed E-state index contributed by atoms with van der Waals surface area (Å²) < 4.78 is 1.81. The molecule has 1 fully saturated rings. The first-order valence-electron chi connectivity index (χ1n) is 8.50. The van der Waals surface area contributed by atoms with Crippen LogP contribution in [-0.4, -0.2) is 38.7 Å². The summed E-state index contributed by atoms with van der Waals surface area (Å²) in [5, 5.41) is 7.17. The van der Waals surface area contributed by atoms with Gasteiger partial charge >= 0.3 is 0 Å². The summed E-state index contributed by atoms with van der Waals surface area (Å²) in [6.45, 7) is 5.33. The van der Waals surface area contributed by atoms with Crippen molar-refractivity contribution in [3.8, 4) is 0 Å². The van der Waals surface area contributed by atoms with Crippen LogP contribution in [0.3, 0.4) is 0 Å². The summed E-state index contributed by atoms with van der Waals surface area (Å²) >= 11 is 0. The molecule has 1 aromatic heterocycles. The van der Waals surface area contributed by atoms with Crippen LogP contribution in [0.4, 0.5) is 0 Å². The lowest BCUT2D eigenvalue weighted by Crippen LogP contribution is -2.40. The maximum absolute atomic E-state index is 12.4. The van der Waals surface area contributed by atoms with Crippen LogP contribution in [0, 0.1) is 12.8 Å². The fourth-order valence-corrected chi connectivity index (χ4v) is 3.06. The SMILES string of the molecule is Cc1ccc(CNC(=O)C2CCN(Cc3ncnn3C)CC2)cc1. The van der Waals surface area contributed by atoms with Crippen LogP contribution in [-0.2, 0) is 24.9 Å². The van der Waals surface area contributed by atoms with E-state index in [-0.39, 0.29) is 11.8 Å². The highest BCUT2D eigenvalue weighted by Gasteiger charge is 2.25. The van der Waals surface area contributed by atoms with Crippen molar-refractivity contribution in [1.29, 1.82) is 0 Å². The number of nitrogens with zero attached hydrogens (tertiary/aromatic N) is 4. The molecule has 1 amide bonds. The Morgan fingerprint density at radius 3 is 2.58 bits per heavy atom. The predicted octanol–water partition coefficient (Wildman–Crippen LogP) is 1.65. The van der Waals surface area contributed by atoms with Gasteiger partial charge in [-0.3, -0.25) is 14.4 Å². The van der Waals surface area contributed by atoms with Crippen molar-refractivity contribution in [3.05, 3.63) is 47.5 Å². The first-order chi connectivity index (χ1) is 11.6. The molecule has 0 bridgehead atoms. The molecule has 0 radical (unpaired) electrons. The second-order valence-corrected chi connectivity index (χ2v) is 6.55. The Morgan fingerprint density at radius 2 is 1.96 bits per heavy atom. The molecule has 1 N–H and O–H groups in total. The number of carbonyl (C=O) groups excluding carboxylic acids is 1. The zero-order valence-corrected chi connectivity index (χ0v) is 14.4. The van der Waals surface area contributed by atoms with Crippen LogP contribution in [0.5, 0.6) is 0 Å². The molecule has 1 aliphatic rings. The zero-order valence-electron chi connectivity index (χ0n) is 14.4. The number of nitrogens with one attached hydrogen (secondary N) is 1. The van der Waals surface area contributed by atoms with Crippen molar-refractivity contribution in [2.75, 3.05) is 13.1 Å². The largest absolute Gasteiger partial charge is 0.352 e. The summed E-state index contributed by atoms with van der Waals surface area (Å²) in [4.78, 5) is 19.0. The lowest BCUT2D eigenvalue weighted by molar-refractivity contribution is -0.126. The second kappa shape index (κ2) is 7.57. The highest BCUT2D eigenvalue weighted by atomic mass is 16.1. The first-order valence-corrected chi connectivity index (χ1v) is 8.50. The number of carbonyl (C=O) groups is 1. The van der Waals surface area contributed by atoms with Gasteiger partial charge in [-0.15, -0.1) is 0 Å². The van der Waals surface area contributed by atoms with Crippen LogP contribution >= 0.6 is 0 Å². The standard InChI is InChI=1S/C18H25N5O/c1-14-3-5-15(6-4-14)11-19-18(24)16-7-9-23(10-8-16)12-17-20-13-21-22(17)2/h3-6,13,16H,7-12H2,1-2H3,(H,19,24). The minimum Gasteiger partial charge on any atom is -0.352 e. The summed E-state index contributed by atoms with van der Waals surface area (Å²) in [7, 11) is 1.91. The lowest BCUT2D eigenvalue weighted by atomic mass is 9.96. The minimum atomic E-state index is 0.117. The van der Waals surface area contributed by atoms with Crippen LogP contribution in [0.15, 0.2) is 30.6 Å². The molecular formula is C18H25N5O. The number of hydrogen-bond donors (Lipinski definition) is 1. The molecule has 2 aromatic rings. The van der Waals surface area contributed by atoms with Gasteiger partial charge in [-0.05, 0) is 38.4 Å². The highest BCUT2D eigenvalue weighted by molar-refractivity contribution is 5.78. The Morgan fingerprint density at radius 1 is 1.25 bits per heavy atom. The third-order valence-electron chi connectivity index (χ3n) is 4.72. The smallest absolute Gasteiger partial charge is 0.223 e. The molecule has 24 heavy (non-hydrogen) atoms. The summed E-state index contributed by atoms with van der Waals surface area (Å²) in [6.07, 6.45) is 3.38. The normalized spacial score (nSPS) is 16.2. The van der Waals surface area contributed by atoms with Gasteiger partial charge in [-0.25, -0.2) is 4.98 Å². The van der Waals surface area contributed by atoms with Crippen LogP contribution < -0.4 is 5.32 Å². The third-order valence-corrected chi connectivity index (χ3v) is 4.72. The summed E-state index contributed by atoms with van der Waals surface area (Å²) in [5.41, 5.74) is 2.38. The molecule has 0 saturated carbocycles. The molecule has 6 heteroatoms. The number of benzene rings is 1. The molecule has 0 unspecified atom stereocenters. The van der Waals surface area contributed by atoms with Gasteiger partial charge in [0, 0.05) is 19.5 Å². The molecule has 3 rings (SSSR count). The van der Waals surface area contributed by atoms with E-state index in [9.17, 15) is 4.79 Å². The van der Waals surface area contributed by atoms with E-state index in [4.69, 9.17) is 0 Å². The molecule has 128 valence electrons. The fraction of sp³-hybridized carbons (Fsp3) is 0.500. The quantitative estimate of drug-likeness (QED) is 0.907. The molecule has 0 aliphatic carbocycles. The number of piperidine rings is 1. The van der Waals surface area contributed by atoms with Gasteiger partial charge < -0.3 is 5.32 Å². The van der Waals surface area contributed by atoms with E-state index in [1.54, 1.807) is 11.0 Å². The number of aryl methyl sites for hydroxylation is 2. The summed E-state index contributed by atoms with van der Waals surface area (Å²) in [6, 6.07) is 8.29. The van der Waals surface area contributed by atoms with E-state index in [1.807, 2.05) is 7.05 Å². The van der Waals surface area contributed by atoms with Crippen molar-refractivity contribution in [1.82, 2.24) is 25.0 Å². The van der Waals surface area contributed by atoms with E-state index in [0.717, 1.165) is 43.9 Å². The molecule has 1 saturated heterocycles. The predicted molar refractivity (Wildman–Crippen MR) is 92.0 cm³/mol. The Kier molecular flexibility index (Phi) is 5.25. The molecule has 2 heterocycles. The number of rotatable bonds is 5. The maximum Gasteiger partial charge on any atom is 0.223 e. The van der Waals surface area contributed by atoms with Crippen molar-refractivity contribution in [2.24, 2.45) is 13.0 Å². The van der Waals surface area contributed by atoms with Crippen LogP contribution in [0.25, 0.3) is 0 Å². The van der Waals surface area contributed by atoms with Crippen molar-refractivity contribution >= 4 is 5.91 Å². The number of hydrogen-bond acceptors (Lipinski definition) is 4. The van der Waals surface area contributed by atoms with Crippen molar-refractivity contribution in [3.63, 3.8) is 0 Å². The molecule has 6 nitrogen and oxygen atoms in total. The molecule has 1 aliphatic heterocycles. The van der Waals surface area contributed by atoms with Crippen LogP contribution in [0.1, 0.15) is 29.8 Å². The minimum absolute atomic E-state index is 0.117. The average Bonchev–Trinajstić information content (AvgIpc) is 3.00. The number of amides is 1. The topological polar surface area (TPSA) is 63.1 Å². The Balaban J connectivity index is 1.43. The van der Waals surface area contributed by atoms with E-state index in [2.05, 4.69) is 51.5 Å². The highest BCUT2D eigenvalue weighted by Crippen LogP contribution is 2.19. The Bertz CT molecular complexity index is 671.